The first-order chi connectivity index (χ1) is 9.76. The molecule has 0 radical (unpaired) electrons. The van der Waals surface area contributed by atoms with E-state index in [2.05, 4.69) is 25.3 Å². The van der Waals surface area contributed by atoms with Crippen molar-refractivity contribution in [2.45, 2.75) is 19.4 Å². The lowest BCUT2D eigenvalue weighted by Gasteiger charge is -2.31. The van der Waals surface area contributed by atoms with E-state index >= 15 is 0 Å². The minimum atomic E-state index is -0.104. The number of nitrogens with zero attached hydrogens (tertiary/aromatic N) is 4. The fourth-order valence-electron chi connectivity index (χ4n) is 2.82. The summed E-state index contributed by atoms with van der Waals surface area (Å²) in [4.78, 5) is 22.7. The highest BCUT2D eigenvalue weighted by Gasteiger charge is 2.19. The Balaban J connectivity index is 1.66. The third-order valence-electron chi connectivity index (χ3n) is 3.91. The minimum absolute atomic E-state index is 0.104. The highest BCUT2D eigenvalue weighted by Crippen LogP contribution is 2.17. The number of likely N-dealkylation sites (tertiary alicyclic amines) is 1. The van der Waals surface area contributed by atoms with E-state index in [1.54, 1.807) is 6.07 Å². The quantitative estimate of drug-likeness (QED) is 0.812. The molecule has 3 rings (SSSR count). The van der Waals surface area contributed by atoms with Crippen LogP contribution in [0.2, 0.25) is 0 Å². The van der Waals surface area contributed by atoms with Crippen molar-refractivity contribution in [3.63, 3.8) is 0 Å². The van der Waals surface area contributed by atoms with Crippen LogP contribution in [0.25, 0.3) is 5.78 Å². The van der Waals surface area contributed by atoms with Gasteiger partial charge in [0.25, 0.3) is 11.3 Å². The van der Waals surface area contributed by atoms with Gasteiger partial charge in [0.2, 0.25) is 0 Å². The fraction of sp³-hybridized carbons (Fsp3) is 0.615. The van der Waals surface area contributed by atoms with Gasteiger partial charge < -0.3 is 5.32 Å². The average molecular weight is 276 g/mol. The Morgan fingerprint density at radius 3 is 3.00 bits per heavy atom. The van der Waals surface area contributed by atoms with E-state index in [0.29, 0.717) is 5.78 Å². The van der Waals surface area contributed by atoms with E-state index in [9.17, 15) is 4.79 Å². The highest BCUT2D eigenvalue weighted by atomic mass is 16.1. The van der Waals surface area contributed by atoms with Gasteiger partial charge in [-0.2, -0.15) is 4.52 Å². The predicted molar refractivity (Wildman–Crippen MR) is 75.5 cm³/mol. The second kappa shape index (κ2) is 5.72. The Morgan fingerprint density at radius 2 is 2.25 bits per heavy atom. The molecule has 0 aliphatic carbocycles. The predicted octanol–water partition coefficient (Wildman–Crippen LogP) is -0.151. The molecule has 1 aliphatic rings. The molecule has 1 aliphatic heterocycles. The summed E-state index contributed by atoms with van der Waals surface area (Å²) in [6, 6.07) is 1.59. The van der Waals surface area contributed by atoms with E-state index in [-0.39, 0.29) is 5.56 Å². The lowest BCUT2D eigenvalue weighted by atomic mass is 9.97. The number of aromatic nitrogens is 4. The zero-order chi connectivity index (χ0) is 13.9. The van der Waals surface area contributed by atoms with Crippen LogP contribution in [0.3, 0.4) is 0 Å². The van der Waals surface area contributed by atoms with Crippen LogP contribution >= 0.6 is 0 Å². The van der Waals surface area contributed by atoms with E-state index in [0.717, 1.165) is 37.8 Å². The smallest absolute Gasteiger partial charge is 0.274 e. The van der Waals surface area contributed by atoms with Crippen LogP contribution in [0, 0.1) is 5.92 Å². The van der Waals surface area contributed by atoms with Crippen molar-refractivity contribution in [1.82, 2.24) is 29.8 Å². The molecule has 0 unspecified atom stereocenters. The molecule has 1 saturated heterocycles. The molecular formula is C13H20N6O. The number of nitrogens with one attached hydrogen (secondary N) is 2. The fourth-order valence-corrected chi connectivity index (χ4v) is 2.82. The van der Waals surface area contributed by atoms with E-state index in [1.165, 1.54) is 23.7 Å². The van der Waals surface area contributed by atoms with Crippen LogP contribution in [-0.4, -0.2) is 51.2 Å². The lowest BCUT2D eigenvalue weighted by molar-refractivity contribution is 0.175. The van der Waals surface area contributed by atoms with Crippen molar-refractivity contribution in [2.24, 2.45) is 5.92 Å². The van der Waals surface area contributed by atoms with E-state index in [4.69, 9.17) is 0 Å². The molecule has 0 atom stereocenters. The number of rotatable bonds is 4. The molecule has 2 aromatic rings. The molecule has 20 heavy (non-hydrogen) atoms. The van der Waals surface area contributed by atoms with Gasteiger partial charge in [-0.15, -0.1) is 0 Å². The Kier molecular flexibility index (Phi) is 3.79. The van der Waals surface area contributed by atoms with Gasteiger partial charge in [0.05, 0.1) is 5.69 Å². The number of hydrogen-bond donors (Lipinski definition) is 2. The summed E-state index contributed by atoms with van der Waals surface area (Å²) >= 11 is 0. The normalized spacial score (nSPS) is 17.9. The number of aromatic amines is 1. The second-order valence-electron chi connectivity index (χ2n) is 5.39. The highest BCUT2D eigenvalue weighted by molar-refractivity contribution is 5.25. The minimum Gasteiger partial charge on any atom is -0.319 e. The molecule has 1 fully saturated rings. The van der Waals surface area contributed by atoms with Crippen LogP contribution in [0.15, 0.2) is 17.2 Å². The van der Waals surface area contributed by atoms with E-state index < -0.39 is 0 Å². The number of piperidine rings is 1. The Bertz CT molecular complexity index is 625. The molecule has 0 spiro atoms. The zero-order valence-electron chi connectivity index (χ0n) is 11.7. The topological polar surface area (TPSA) is 78.3 Å². The molecule has 3 heterocycles. The maximum absolute atomic E-state index is 11.9. The summed E-state index contributed by atoms with van der Waals surface area (Å²) in [6.45, 7) is 3.94. The van der Waals surface area contributed by atoms with Crippen molar-refractivity contribution in [2.75, 3.05) is 26.7 Å². The maximum atomic E-state index is 11.9. The molecule has 0 aromatic carbocycles. The van der Waals surface area contributed by atoms with Crippen LogP contribution < -0.4 is 10.9 Å². The van der Waals surface area contributed by atoms with Crippen LogP contribution in [0.1, 0.15) is 18.5 Å². The number of H-pyrrole nitrogens is 1. The first kappa shape index (κ1) is 13.3. The summed E-state index contributed by atoms with van der Waals surface area (Å²) in [5, 5.41) is 5.99. The Labute approximate surface area is 117 Å². The monoisotopic (exact) mass is 276 g/mol. The Hall–Kier alpha value is -1.73. The molecule has 2 N–H and O–H groups in total. The third kappa shape index (κ3) is 2.73. The van der Waals surface area contributed by atoms with Gasteiger partial charge >= 0.3 is 0 Å². The lowest BCUT2D eigenvalue weighted by Crippen LogP contribution is -2.36. The van der Waals surface area contributed by atoms with Gasteiger partial charge in [-0.05, 0) is 45.4 Å². The molecular weight excluding hydrogens is 256 g/mol. The molecule has 108 valence electrons. The molecule has 0 amide bonds. The van der Waals surface area contributed by atoms with Gasteiger partial charge in [-0.1, -0.05) is 0 Å². The largest absolute Gasteiger partial charge is 0.319 e. The molecule has 2 aromatic heterocycles. The van der Waals surface area contributed by atoms with Crippen molar-refractivity contribution < 1.29 is 0 Å². The first-order valence-corrected chi connectivity index (χ1v) is 7.05. The summed E-state index contributed by atoms with van der Waals surface area (Å²) in [5.41, 5.74) is 0.696. The van der Waals surface area contributed by atoms with Crippen molar-refractivity contribution in [3.8, 4) is 0 Å². The van der Waals surface area contributed by atoms with Gasteiger partial charge in [0, 0.05) is 12.6 Å². The summed E-state index contributed by atoms with van der Waals surface area (Å²) in [7, 11) is 2.00. The average Bonchev–Trinajstić information content (AvgIpc) is 2.90. The maximum Gasteiger partial charge on any atom is 0.274 e. The summed E-state index contributed by atoms with van der Waals surface area (Å²) in [5.74, 6) is 1.21. The number of fused-ring (bicyclic) bond motifs is 1. The first-order valence-electron chi connectivity index (χ1n) is 7.05. The standard InChI is InChI=1S/C13H20N6O/c1-14-7-10-2-4-18(5-3-10)8-11-6-12(20)19-13(17-11)15-9-16-19/h6,9-10,14H,2-5,7-8H2,1H3,(H,15,16,17). The van der Waals surface area contributed by atoms with Crippen molar-refractivity contribution >= 4 is 5.78 Å². The SMILES string of the molecule is CNCC1CCN(Cc2cc(=O)n3[nH]cnc3n2)CC1. The molecule has 0 saturated carbocycles. The second-order valence-corrected chi connectivity index (χ2v) is 5.39. The third-order valence-corrected chi connectivity index (χ3v) is 3.91. The molecule has 0 bridgehead atoms. The van der Waals surface area contributed by atoms with Gasteiger partial charge in [-0.25, -0.2) is 9.97 Å². The van der Waals surface area contributed by atoms with Crippen molar-refractivity contribution in [1.29, 1.82) is 0 Å². The van der Waals surface area contributed by atoms with Gasteiger partial charge in [-0.3, -0.25) is 14.8 Å². The van der Waals surface area contributed by atoms with Crippen LogP contribution in [0.5, 0.6) is 0 Å². The molecule has 7 heteroatoms. The molecule has 7 nitrogen and oxygen atoms in total. The van der Waals surface area contributed by atoms with Gasteiger partial charge in [0.15, 0.2) is 0 Å². The van der Waals surface area contributed by atoms with E-state index in [1.807, 2.05) is 7.05 Å². The number of hydrogen-bond acceptors (Lipinski definition) is 5. The van der Waals surface area contributed by atoms with Crippen LogP contribution in [0.4, 0.5) is 0 Å². The van der Waals surface area contributed by atoms with Gasteiger partial charge in [0.1, 0.15) is 6.33 Å². The van der Waals surface area contributed by atoms with Crippen LogP contribution in [-0.2, 0) is 6.54 Å². The Morgan fingerprint density at radius 1 is 1.45 bits per heavy atom. The zero-order valence-corrected chi connectivity index (χ0v) is 11.7. The summed E-state index contributed by atoms with van der Waals surface area (Å²) < 4.78 is 1.35. The van der Waals surface area contributed by atoms with Crippen molar-refractivity contribution in [3.05, 3.63) is 28.4 Å². The summed E-state index contributed by atoms with van der Waals surface area (Å²) in [6.07, 6.45) is 3.88.